The molecule has 0 amide bonds. The van der Waals surface area contributed by atoms with Gasteiger partial charge in [-0.3, -0.25) is 9.59 Å². The molecule has 2 heterocycles. The van der Waals surface area contributed by atoms with Crippen LogP contribution in [-0.2, 0) is 16.0 Å². The summed E-state index contributed by atoms with van der Waals surface area (Å²) in [6.07, 6.45) is -0.0240. The van der Waals surface area contributed by atoms with Crippen LogP contribution >= 0.6 is 0 Å². The van der Waals surface area contributed by atoms with Crippen LogP contribution in [-0.4, -0.2) is 29.7 Å². The number of fused-ring (bicyclic) bond motifs is 1. The maximum atomic E-state index is 12.9. The van der Waals surface area contributed by atoms with Crippen LogP contribution in [0, 0.1) is 19.7 Å². The normalized spacial score (nSPS) is 12.1. The predicted molar refractivity (Wildman–Crippen MR) is 107 cm³/mol. The number of carbonyl (C=O) groups is 2. The number of halogens is 1. The van der Waals surface area contributed by atoms with Gasteiger partial charge in [0, 0.05) is 28.7 Å². The van der Waals surface area contributed by atoms with Gasteiger partial charge in [0.25, 0.3) is 0 Å². The van der Waals surface area contributed by atoms with Gasteiger partial charge in [-0.1, -0.05) is 12.1 Å². The highest BCUT2D eigenvalue weighted by Gasteiger charge is 2.20. The highest BCUT2D eigenvalue weighted by molar-refractivity contribution is 5.99. The average molecular weight is 409 g/mol. The van der Waals surface area contributed by atoms with Crippen LogP contribution in [0.15, 0.2) is 48.5 Å². The number of aromatic nitrogens is 1. The zero-order chi connectivity index (χ0) is 21.3. The van der Waals surface area contributed by atoms with E-state index in [1.807, 2.05) is 36.6 Å². The molecular formula is C23H20FNO5. The molecule has 4 rings (SSSR count). The number of rotatable bonds is 6. The van der Waals surface area contributed by atoms with E-state index in [9.17, 15) is 14.0 Å². The molecule has 0 saturated carbocycles. The summed E-state index contributed by atoms with van der Waals surface area (Å²) in [5.41, 5.74) is 3.56. The zero-order valence-electron chi connectivity index (χ0n) is 16.6. The van der Waals surface area contributed by atoms with E-state index in [1.54, 1.807) is 6.07 Å². The first-order valence-electron chi connectivity index (χ1n) is 9.44. The number of hydrogen-bond donors (Lipinski definition) is 0. The SMILES string of the molecule is Cc1cc(C(=O)COC(=O)Cc2ccc(F)cc2)c(C)n1-c1ccc2c(c1)OCO2. The highest BCUT2D eigenvalue weighted by atomic mass is 19.1. The first-order valence-corrected chi connectivity index (χ1v) is 9.44. The fourth-order valence-corrected chi connectivity index (χ4v) is 3.51. The molecule has 1 aliphatic rings. The lowest BCUT2D eigenvalue weighted by Gasteiger charge is -2.11. The van der Waals surface area contributed by atoms with Crippen molar-refractivity contribution in [1.29, 1.82) is 0 Å². The van der Waals surface area contributed by atoms with Gasteiger partial charge in [0.1, 0.15) is 5.82 Å². The summed E-state index contributed by atoms with van der Waals surface area (Å²) in [5, 5.41) is 0. The third-order valence-corrected chi connectivity index (χ3v) is 4.97. The molecule has 0 atom stereocenters. The van der Waals surface area contributed by atoms with Crippen molar-refractivity contribution in [2.45, 2.75) is 20.3 Å². The Kier molecular flexibility index (Phi) is 5.27. The maximum absolute atomic E-state index is 12.9. The Bertz CT molecular complexity index is 1120. The predicted octanol–water partition coefficient (Wildman–Crippen LogP) is 3.93. The summed E-state index contributed by atoms with van der Waals surface area (Å²) < 4.78 is 30.8. The molecule has 1 aliphatic heterocycles. The van der Waals surface area contributed by atoms with Gasteiger partial charge >= 0.3 is 5.97 Å². The lowest BCUT2D eigenvalue weighted by Crippen LogP contribution is -2.16. The quantitative estimate of drug-likeness (QED) is 0.456. The van der Waals surface area contributed by atoms with Crippen LogP contribution in [0.5, 0.6) is 11.5 Å². The van der Waals surface area contributed by atoms with Gasteiger partial charge in [-0.2, -0.15) is 0 Å². The number of benzene rings is 2. The Labute approximate surface area is 172 Å². The Hall–Kier alpha value is -3.61. The molecule has 30 heavy (non-hydrogen) atoms. The third kappa shape index (κ3) is 3.91. The van der Waals surface area contributed by atoms with Crippen molar-refractivity contribution in [3.8, 4) is 17.2 Å². The van der Waals surface area contributed by atoms with Crippen molar-refractivity contribution < 1.29 is 28.2 Å². The lowest BCUT2D eigenvalue weighted by atomic mass is 10.1. The number of esters is 1. The number of ether oxygens (including phenoxy) is 3. The third-order valence-electron chi connectivity index (χ3n) is 4.97. The topological polar surface area (TPSA) is 66.8 Å². The van der Waals surface area contributed by atoms with Crippen LogP contribution in [0.3, 0.4) is 0 Å². The van der Waals surface area contributed by atoms with Gasteiger partial charge in [-0.05, 0) is 49.7 Å². The molecule has 0 N–H and O–H groups in total. The van der Waals surface area contributed by atoms with E-state index in [4.69, 9.17) is 14.2 Å². The van der Waals surface area contributed by atoms with E-state index in [1.165, 1.54) is 24.3 Å². The minimum absolute atomic E-state index is 0.0240. The van der Waals surface area contributed by atoms with E-state index in [0.29, 0.717) is 22.6 Å². The second kappa shape index (κ2) is 8.02. The molecule has 0 unspecified atom stereocenters. The summed E-state index contributed by atoms with van der Waals surface area (Å²) in [4.78, 5) is 24.7. The molecule has 0 saturated heterocycles. The van der Waals surface area contributed by atoms with Crippen LogP contribution < -0.4 is 9.47 Å². The summed E-state index contributed by atoms with van der Waals surface area (Å²) in [7, 11) is 0. The largest absolute Gasteiger partial charge is 0.457 e. The summed E-state index contributed by atoms with van der Waals surface area (Å²) >= 11 is 0. The van der Waals surface area contributed by atoms with Crippen molar-refractivity contribution in [3.63, 3.8) is 0 Å². The Balaban J connectivity index is 1.45. The van der Waals surface area contributed by atoms with Gasteiger partial charge in [0.2, 0.25) is 12.6 Å². The van der Waals surface area contributed by atoms with Crippen molar-refractivity contribution in [3.05, 3.63) is 76.9 Å². The van der Waals surface area contributed by atoms with Gasteiger partial charge < -0.3 is 18.8 Å². The first-order chi connectivity index (χ1) is 14.4. The van der Waals surface area contributed by atoms with Crippen LogP contribution in [0.2, 0.25) is 0 Å². The molecule has 0 bridgehead atoms. The standard InChI is InChI=1S/C23H20FNO5/c1-14-9-19(15(2)25(14)18-7-8-21-22(11-18)30-13-29-21)20(26)12-28-23(27)10-16-3-5-17(24)6-4-16/h3-9,11H,10,12-13H2,1-2H3. The average Bonchev–Trinajstić information content (AvgIpc) is 3.31. The highest BCUT2D eigenvalue weighted by Crippen LogP contribution is 2.34. The molecule has 3 aromatic rings. The molecule has 154 valence electrons. The van der Waals surface area contributed by atoms with Gasteiger partial charge in [-0.15, -0.1) is 0 Å². The Morgan fingerprint density at radius 3 is 2.53 bits per heavy atom. The second-order valence-electron chi connectivity index (χ2n) is 7.04. The van der Waals surface area contributed by atoms with Gasteiger partial charge in [0.15, 0.2) is 18.1 Å². The lowest BCUT2D eigenvalue weighted by molar-refractivity contribution is -0.141. The smallest absolute Gasteiger partial charge is 0.310 e. The van der Waals surface area contributed by atoms with Gasteiger partial charge in [-0.25, -0.2) is 4.39 Å². The maximum Gasteiger partial charge on any atom is 0.310 e. The number of ketones is 1. The number of nitrogens with zero attached hydrogens (tertiary/aromatic N) is 1. The first kappa shape index (κ1) is 19.7. The fraction of sp³-hybridized carbons (Fsp3) is 0.217. The zero-order valence-corrected chi connectivity index (χ0v) is 16.6. The van der Waals surface area contributed by atoms with Gasteiger partial charge in [0.05, 0.1) is 6.42 Å². The minimum Gasteiger partial charge on any atom is -0.457 e. The number of Topliss-reactive ketones (excluding diaryl/α,β-unsaturated/α-hetero) is 1. The Morgan fingerprint density at radius 1 is 1.03 bits per heavy atom. The number of aryl methyl sites for hydroxylation is 1. The summed E-state index contributed by atoms with van der Waals surface area (Å²) in [6, 6.07) is 12.9. The number of hydrogen-bond acceptors (Lipinski definition) is 5. The van der Waals surface area contributed by atoms with E-state index in [-0.39, 0.29) is 31.4 Å². The molecule has 7 heteroatoms. The van der Waals surface area contributed by atoms with E-state index < -0.39 is 5.97 Å². The van der Waals surface area contributed by atoms with Crippen molar-refractivity contribution in [1.82, 2.24) is 4.57 Å². The summed E-state index contributed by atoms with van der Waals surface area (Å²) in [6.45, 7) is 3.57. The number of carbonyl (C=O) groups excluding carboxylic acids is 2. The van der Waals surface area contributed by atoms with Crippen LogP contribution in [0.25, 0.3) is 5.69 Å². The van der Waals surface area contributed by atoms with E-state index in [0.717, 1.165) is 17.1 Å². The molecule has 2 aromatic carbocycles. The molecule has 1 aromatic heterocycles. The van der Waals surface area contributed by atoms with Crippen molar-refractivity contribution in [2.75, 3.05) is 13.4 Å². The second-order valence-corrected chi connectivity index (χ2v) is 7.04. The van der Waals surface area contributed by atoms with E-state index in [2.05, 4.69) is 0 Å². The minimum atomic E-state index is -0.542. The molecular weight excluding hydrogens is 389 g/mol. The van der Waals surface area contributed by atoms with Crippen LogP contribution in [0.4, 0.5) is 4.39 Å². The van der Waals surface area contributed by atoms with Crippen molar-refractivity contribution >= 4 is 11.8 Å². The van der Waals surface area contributed by atoms with Crippen molar-refractivity contribution in [2.24, 2.45) is 0 Å². The molecule has 0 fully saturated rings. The molecule has 0 aliphatic carbocycles. The van der Waals surface area contributed by atoms with E-state index >= 15 is 0 Å². The molecule has 0 spiro atoms. The monoisotopic (exact) mass is 409 g/mol. The Morgan fingerprint density at radius 2 is 1.77 bits per heavy atom. The molecule has 0 radical (unpaired) electrons. The van der Waals surface area contributed by atoms with Crippen LogP contribution in [0.1, 0.15) is 27.3 Å². The fourth-order valence-electron chi connectivity index (χ4n) is 3.51. The summed E-state index contributed by atoms with van der Waals surface area (Å²) in [5.74, 6) is 0.135. The molecule has 6 nitrogen and oxygen atoms in total.